The second kappa shape index (κ2) is 5.27. The Morgan fingerprint density at radius 3 is 1.88 bits per heavy atom. The highest BCUT2D eigenvalue weighted by atomic mass is 16.5. The summed E-state index contributed by atoms with van der Waals surface area (Å²) >= 11 is 0. The molecule has 2 unspecified atom stereocenters. The largest absolute Gasteiger partial charge is 0.375 e. The van der Waals surface area contributed by atoms with Crippen LogP contribution in [-0.2, 0) is 4.74 Å². The minimum absolute atomic E-state index is 0.208. The van der Waals surface area contributed by atoms with Gasteiger partial charge in [-0.15, -0.1) is 0 Å². The van der Waals surface area contributed by atoms with Crippen LogP contribution >= 0.6 is 0 Å². The molecule has 2 atom stereocenters. The summed E-state index contributed by atoms with van der Waals surface area (Å²) in [5.41, 5.74) is 0.582. The molecule has 0 amide bonds. The first-order chi connectivity index (χ1) is 7.57. The second-order valence-corrected chi connectivity index (χ2v) is 7.69. The molecule has 1 saturated heterocycles. The highest BCUT2D eigenvalue weighted by molar-refractivity contribution is 4.89. The first kappa shape index (κ1) is 15.0. The third-order valence-corrected chi connectivity index (χ3v) is 3.26. The van der Waals surface area contributed by atoms with Crippen molar-refractivity contribution in [3.8, 4) is 0 Å². The van der Waals surface area contributed by atoms with Gasteiger partial charge >= 0.3 is 0 Å². The lowest BCUT2D eigenvalue weighted by Crippen LogP contribution is -2.51. The molecule has 0 saturated carbocycles. The van der Waals surface area contributed by atoms with Gasteiger partial charge in [-0.25, -0.2) is 0 Å². The van der Waals surface area contributed by atoms with Gasteiger partial charge < -0.3 is 10.1 Å². The molecule has 0 radical (unpaired) electrons. The molecule has 1 aliphatic heterocycles. The van der Waals surface area contributed by atoms with Crippen LogP contribution in [0.5, 0.6) is 0 Å². The molecular formula is C15H31NO. The van der Waals surface area contributed by atoms with Crippen LogP contribution in [0.4, 0.5) is 0 Å². The Morgan fingerprint density at radius 2 is 1.47 bits per heavy atom. The molecule has 0 aromatic rings. The van der Waals surface area contributed by atoms with Crippen LogP contribution in [0.3, 0.4) is 0 Å². The summed E-state index contributed by atoms with van der Waals surface area (Å²) in [4.78, 5) is 0. The van der Waals surface area contributed by atoms with Crippen molar-refractivity contribution in [2.75, 3.05) is 0 Å². The van der Waals surface area contributed by atoms with Crippen LogP contribution in [-0.4, -0.2) is 23.8 Å². The smallest absolute Gasteiger partial charge is 0.0565 e. The van der Waals surface area contributed by atoms with Crippen LogP contribution in [0, 0.1) is 5.41 Å². The van der Waals surface area contributed by atoms with Crippen molar-refractivity contribution in [3.63, 3.8) is 0 Å². The molecule has 1 rings (SSSR count). The van der Waals surface area contributed by atoms with E-state index in [1.165, 1.54) is 6.42 Å². The van der Waals surface area contributed by atoms with Gasteiger partial charge in [0.1, 0.15) is 0 Å². The number of rotatable bonds is 3. The van der Waals surface area contributed by atoms with Gasteiger partial charge in [0.15, 0.2) is 0 Å². The first-order valence-electron chi connectivity index (χ1n) is 7.00. The highest BCUT2D eigenvalue weighted by Gasteiger charge is 2.31. The highest BCUT2D eigenvalue weighted by Crippen LogP contribution is 2.29. The summed E-state index contributed by atoms with van der Waals surface area (Å²) in [5.74, 6) is 0. The zero-order chi connectivity index (χ0) is 13.3. The first-order valence-corrected chi connectivity index (χ1v) is 7.00. The van der Waals surface area contributed by atoms with Gasteiger partial charge in [0.25, 0.3) is 0 Å². The molecule has 17 heavy (non-hydrogen) atoms. The summed E-state index contributed by atoms with van der Waals surface area (Å²) in [5, 5.41) is 3.83. The van der Waals surface area contributed by atoms with Crippen molar-refractivity contribution in [2.45, 2.75) is 91.5 Å². The lowest BCUT2D eigenvalue weighted by atomic mass is 9.81. The summed E-state index contributed by atoms with van der Waals surface area (Å²) < 4.78 is 5.79. The lowest BCUT2D eigenvalue weighted by Gasteiger charge is -2.40. The maximum absolute atomic E-state index is 5.79. The average Bonchev–Trinajstić information content (AvgIpc) is 1.93. The Kier molecular flexibility index (Phi) is 4.65. The Labute approximate surface area is 108 Å². The Morgan fingerprint density at radius 1 is 1.00 bits per heavy atom. The van der Waals surface area contributed by atoms with Gasteiger partial charge in [-0.05, 0) is 52.4 Å². The molecule has 1 heterocycles. The maximum atomic E-state index is 5.79. The fourth-order valence-electron chi connectivity index (χ4n) is 3.45. The van der Waals surface area contributed by atoms with E-state index in [9.17, 15) is 0 Å². The van der Waals surface area contributed by atoms with Crippen LogP contribution in [0.25, 0.3) is 0 Å². The van der Waals surface area contributed by atoms with Gasteiger partial charge in [0, 0.05) is 11.6 Å². The van der Waals surface area contributed by atoms with Crippen molar-refractivity contribution in [2.24, 2.45) is 5.41 Å². The topological polar surface area (TPSA) is 21.3 Å². The van der Waals surface area contributed by atoms with Gasteiger partial charge in [-0.2, -0.15) is 0 Å². The average molecular weight is 241 g/mol. The molecule has 0 bridgehead atoms. The maximum Gasteiger partial charge on any atom is 0.0565 e. The Balaban J connectivity index is 2.52. The molecule has 0 aromatic carbocycles. The summed E-state index contributed by atoms with van der Waals surface area (Å²) in [6.45, 7) is 15.9. The predicted molar refractivity (Wildman–Crippen MR) is 74.3 cm³/mol. The molecular weight excluding hydrogens is 210 g/mol. The quantitative estimate of drug-likeness (QED) is 0.812. The van der Waals surface area contributed by atoms with Crippen LogP contribution in [0.1, 0.15) is 67.7 Å². The van der Waals surface area contributed by atoms with E-state index in [-0.39, 0.29) is 5.54 Å². The SMILES string of the molecule is CC1CC(NC(C)(C)CC(C)(C)C)CC(C)O1. The van der Waals surface area contributed by atoms with Crippen LogP contribution in [0.2, 0.25) is 0 Å². The summed E-state index contributed by atoms with van der Waals surface area (Å²) in [6.07, 6.45) is 4.25. The minimum Gasteiger partial charge on any atom is -0.375 e. The third kappa shape index (κ3) is 5.87. The fourth-order valence-corrected chi connectivity index (χ4v) is 3.45. The summed E-state index contributed by atoms with van der Waals surface area (Å²) in [7, 11) is 0. The number of hydrogen-bond acceptors (Lipinski definition) is 2. The lowest BCUT2D eigenvalue weighted by molar-refractivity contribution is -0.0465. The Bertz CT molecular complexity index is 232. The molecule has 2 nitrogen and oxygen atoms in total. The van der Waals surface area contributed by atoms with Crippen molar-refractivity contribution < 1.29 is 4.74 Å². The van der Waals surface area contributed by atoms with E-state index in [1.807, 2.05) is 0 Å². The van der Waals surface area contributed by atoms with Gasteiger partial charge in [0.2, 0.25) is 0 Å². The molecule has 102 valence electrons. The normalized spacial score (nSPS) is 31.6. The van der Waals surface area contributed by atoms with Crippen molar-refractivity contribution in [1.82, 2.24) is 5.32 Å². The molecule has 2 heteroatoms. The van der Waals surface area contributed by atoms with Crippen molar-refractivity contribution >= 4 is 0 Å². The molecule has 1 aliphatic rings. The molecule has 0 aromatic heterocycles. The minimum atomic E-state index is 0.208. The van der Waals surface area contributed by atoms with Crippen molar-refractivity contribution in [1.29, 1.82) is 0 Å². The standard InChI is InChI=1S/C15H31NO/c1-11-8-13(9-12(2)17-11)16-15(6,7)10-14(3,4)5/h11-13,16H,8-10H2,1-7H3. The van der Waals surface area contributed by atoms with Crippen LogP contribution < -0.4 is 5.32 Å². The summed E-state index contributed by atoms with van der Waals surface area (Å²) in [6, 6.07) is 0.603. The number of nitrogens with one attached hydrogen (secondary N) is 1. The van der Waals surface area contributed by atoms with Crippen molar-refractivity contribution in [3.05, 3.63) is 0 Å². The molecule has 1 fully saturated rings. The Hall–Kier alpha value is -0.0800. The van der Waals surface area contributed by atoms with E-state index >= 15 is 0 Å². The predicted octanol–water partition coefficient (Wildman–Crippen LogP) is 3.75. The zero-order valence-corrected chi connectivity index (χ0v) is 12.8. The van der Waals surface area contributed by atoms with E-state index < -0.39 is 0 Å². The van der Waals surface area contributed by atoms with E-state index in [2.05, 4.69) is 53.8 Å². The molecule has 0 spiro atoms. The molecule has 0 aliphatic carbocycles. The van der Waals surface area contributed by atoms with Gasteiger partial charge in [-0.3, -0.25) is 0 Å². The van der Waals surface area contributed by atoms with E-state index in [0.717, 1.165) is 12.8 Å². The fraction of sp³-hybridized carbons (Fsp3) is 1.00. The monoisotopic (exact) mass is 241 g/mol. The van der Waals surface area contributed by atoms with Gasteiger partial charge in [0.05, 0.1) is 12.2 Å². The third-order valence-electron chi connectivity index (χ3n) is 3.26. The van der Waals surface area contributed by atoms with E-state index in [0.29, 0.717) is 23.7 Å². The number of hydrogen-bond donors (Lipinski definition) is 1. The molecule has 1 N–H and O–H groups in total. The zero-order valence-electron chi connectivity index (χ0n) is 12.8. The van der Waals surface area contributed by atoms with Crippen LogP contribution in [0.15, 0.2) is 0 Å². The van der Waals surface area contributed by atoms with E-state index in [1.54, 1.807) is 0 Å². The van der Waals surface area contributed by atoms with E-state index in [4.69, 9.17) is 4.74 Å². The van der Waals surface area contributed by atoms with Gasteiger partial charge in [-0.1, -0.05) is 20.8 Å². The second-order valence-electron chi connectivity index (χ2n) is 7.69. The number of ether oxygens (including phenoxy) is 1.